The zero-order chi connectivity index (χ0) is 35.0. The number of esters is 1. The maximum Gasteiger partial charge on any atom is 0.316 e. The van der Waals surface area contributed by atoms with Crippen LogP contribution in [0.4, 0.5) is 0 Å². The van der Waals surface area contributed by atoms with Crippen LogP contribution in [-0.2, 0) is 33.3 Å². The first-order chi connectivity index (χ1) is 21.5. The summed E-state index contributed by atoms with van der Waals surface area (Å²) in [5.41, 5.74) is 2.95. The highest BCUT2D eigenvalue weighted by molar-refractivity contribution is 6.00. The lowest BCUT2D eigenvalue weighted by atomic mass is 9.80. The number of cyclic esters (lactones) is 1. The number of hydrogen-bond acceptors (Lipinski definition) is 12. The van der Waals surface area contributed by atoms with Crippen molar-refractivity contribution in [2.45, 2.75) is 141 Å². The summed E-state index contributed by atoms with van der Waals surface area (Å²) in [6, 6.07) is -1.47. The smallest absolute Gasteiger partial charge is 0.316 e. The van der Waals surface area contributed by atoms with E-state index in [1.807, 2.05) is 39.8 Å². The fourth-order valence-corrected chi connectivity index (χ4v) is 7.14. The van der Waals surface area contributed by atoms with Crippen molar-refractivity contribution in [3.63, 3.8) is 0 Å². The third-order valence-corrected chi connectivity index (χ3v) is 10.1. The highest BCUT2D eigenvalue weighted by Crippen LogP contribution is 2.35. The topological polar surface area (TPSA) is 173 Å². The number of ketones is 1. The number of aliphatic hydroxyl groups is 2. The van der Waals surface area contributed by atoms with E-state index in [1.165, 1.54) is 18.9 Å². The molecular weight excluding hydrogens is 596 g/mol. The van der Waals surface area contributed by atoms with Crippen molar-refractivity contribution in [3.8, 4) is 0 Å². The Labute approximate surface area is 275 Å². The first kappa shape index (κ1) is 40.5. The molecule has 5 N–H and O–H groups in total. The van der Waals surface area contributed by atoms with Gasteiger partial charge in [0, 0.05) is 31.7 Å². The molecule has 0 radical (unpaired) electrons. The second-order valence-electron chi connectivity index (χ2n) is 13.9. The van der Waals surface area contributed by atoms with E-state index < -0.39 is 71.5 Å². The molecule has 0 aromatic carbocycles. The molecule has 0 aliphatic carbocycles. The number of likely N-dealkylation sites (N-methyl/N-ethyl adjacent to an activating group) is 1. The summed E-state index contributed by atoms with van der Waals surface area (Å²) >= 11 is 0. The van der Waals surface area contributed by atoms with Gasteiger partial charge in [-0.05, 0) is 93.9 Å². The van der Waals surface area contributed by atoms with Gasteiger partial charge in [-0.2, -0.15) is 0 Å². The number of Topliss-reactive ketones (excluding diaryl/α,β-unsaturated/α-hetero) is 1. The SMILES string of the molecule is CC[C@H]1OC(=O)[C@H](C)C(=O)[C@H](C)[C@@H](O[C@@H]2O[C@H](C)CC(N(C)C)C2O)[C@](C)(OC)CCN[C@H](C)[C@@H](N(C=O)CCCCN)[C@]1(C)O. The van der Waals surface area contributed by atoms with Crippen LogP contribution >= 0.6 is 0 Å². The minimum atomic E-state index is -1.66. The number of carbonyl (C=O) groups excluding carboxylic acids is 3. The van der Waals surface area contributed by atoms with Crippen LogP contribution in [-0.4, -0.2) is 139 Å². The van der Waals surface area contributed by atoms with Gasteiger partial charge in [0.15, 0.2) is 12.1 Å². The Morgan fingerprint density at radius 1 is 1.15 bits per heavy atom. The number of rotatable bonds is 11. The van der Waals surface area contributed by atoms with Gasteiger partial charge in [-0.15, -0.1) is 0 Å². The molecule has 0 bridgehead atoms. The Balaban J connectivity index is 2.57. The molecule has 2 saturated heterocycles. The van der Waals surface area contributed by atoms with Crippen molar-refractivity contribution < 1.29 is 43.5 Å². The molecule has 268 valence electrons. The Kier molecular flexibility index (Phi) is 15.5. The maximum absolute atomic E-state index is 14.0. The van der Waals surface area contributed by atoms with Crippen molar-refractivity contribution in [2.24, 2.45) is 17.6 Å². The number of nitrogens with one attached hydrogen (secondary N) is 1. The zero-order valence-electron chi connectivity index (χ0n) is 29.7. The van der Waals surface area contributed by atoms with Gasteiger partial charge in [0.05, 0.1) is 23.9 Å². The summed E-state index contributed by atoms with van der Waals surface area (Å²) in [4.78, 5) is 43.4. The van der Waals surface area contributed by atoms with E-state index in [9.17, 15) is 24.6 Å². The molecule has 2 rings (SSSR count). The van der Waals surface area contributed by atoms with E-state index in [-0.39, 0.29) is 18.6 Å². The molecule has 2 aliphatic rings. The molecule has 2 fully saturated rings. The van der Waals surface area contributed by atoms with Gasteiger partial charge < -0.3 is 50.0 Å². The molecule has 0 saturated carbocycles. The van der Waals surface area contributed by atoms with E-state index in [1.54, 1.807) is 20.8 Å². The van der Waals surface area contributed by atoms with Gasteiger partial charge in [-0.25, -0.2) is 0 Å². The van der Waals surface area contributed by atoms with E-state index in [0.717, 1.165) is 0 Å². The monoisotopic (exact) mass is 658 g/mol. The average molecular weight is 659 g/mol. The van der Waals surface area contributed by atoms with Crippen molar-refractivity contribution in [1.82, 2.24) is 15.1 Å². The lowest BCUT2D eigenvalue weighted by molar-refractivity contribution is -0.294. The molecule has 46 heavy (non-hydrogen) atoms. The fraction of sp³-hybridized carbons (Fsp3) is 0.909. The molecule has 0 aromatic rings. The van der Waals surface area contributed by atoms with Crippen LogP contribution in [0.25, 0.3) is 0 Å². The second-order valence-corrected chi connectivity index (χ2v) is 13.9. The summed E-state index contributed by atoms with van der Waals surface area (Å²) in [6.45, 7) is 13.3. The lowest BCUT2D eigenvalue weighted by Gasteiger charge is -2.47. The summed E-state index contributed by atoms with van der Waals surface area (Å²) in [5, 5.41) is 26.7. The number of hydrogen-bond donors (Lipinski definition) is 4. The minimum absolute atomic E-state index is 0.211. The fourth-order valence-electron chi connectivity index (χ4n) is 7.14. The van der Waals surface area contributed by atoms with Crippen LogP contribution < -0.4 is 11.1 Å². The maximum atomic E-state index is 14.0. The highest BCUT2D eigenvalue weighted by Gasteiger charge is 2.51. The number of ether oxygens (including phenoxy) is 4. The van der Waals surface area contributed by atoms with Gasteiger partial charge in [0.2, 0.25) is 6.41 Å². The van der Waals surface area contributed by atoms with Crippen LogP contribution in [0.1, 0.15) is 80.6 Å². The van der Waals surface area contributed by atoms with Gasteiger partial charge in [-0.1, -0.05) is 13.8 Å². The molecule has 0 aromatic heterocycles. The molecule has 13 heteroatoms. The first-order valence-electron chi connectivity index (χ1n) is 16.8. The Morgan fingerprint density at radius 2 is 1.80 bits per heavy atom. The van der Waals surface area contributed by atoms with E-state index >= 15 is 0 Å². The van der Waals surface area contributed by atoms with E-state index in [2.05, 4.69) is 5.32 Å². The standard InChI is InChI=1S/C33H62N4O9/c1-11-25-33(7,42)28(37(19-38)17-13-12-15-34)23(5)35-16-14-32(6,43-10)29(21(3)26(39)22(4)30(41)45-25)46-31-27(40)24(36(8)9)18-20(2)44-31/h19-25,27-29,31,35,40,42H,11-18,34H2,1-10H3/t20-,21+,22-,23-,24?,25-,27?,28-,29-,31+,32-,33-/m1/s1. The number of unbranched alkanes of at least 4 members (excludes halogenated alkanes) is 1. The molecule has 12 atom stereocenters. The number of carbonyl (C=O) groups is 3. The van der Waals surface area contributed by atoms with Gasteiger partial charge in [-0.3, -0.25) is 14.4 Å². The Bertz CT molecular complexity index is 985. The summed E-state index contributed by atoms with van der Waals surface area (Å²) in [5.74, 6) is -3.27. The predicted octanol–water partition coefficient (Wildman–Crippen LogP) is 1.06. The van der Waals surface area contributed by atoms with Crippen molar-refractivity contribution in [3.05, 3.63) is 0 Å². The third-order valence-electron chi connectivity index (χ3n) is 10.1. The number of nitrogens with zero attached hydrogens (tertiary/aromatic N) is 2. The minimum Gasteiger partial charge on any atom is -0.459 e. The van der Waals surface area contributed by atoms with Gasteiger partial charge >= 0.3 is 5.97 Å². The normalized spacial score (nSPS) is 40.3. The van der Waals surface area contributed by atoms with E-state index in [0.29, 0.717) is 51.7 Å². The molecule has 2 unspecified atom stereocenters. The van der Waals surface area contributed by atoms with Crippen molar-refractivity contribution in [1.29, 1.82) is 0 Å². The highest BCUT2D eigenvalue weighted by atomic mass is 16.7. The van der Waals surface area contributed by atoms with Crippen molar-refractivity contribution in [2.75, 3.05) is 40.8 Å². The molecule has 1 amide bonds. The van der Waals surface area contributed by atoms with Crippen LogP contribution in [0.5, 0.6) is 0 Å². The predicted molar refractivity (Wildman–Crippen MR) is 174 cm³/mol. The van der Waals surface area contributed by atoms with E-state index in [4.69, 9.17) is 24.7 Å². The third kappa shape index (κ3) is 9.46. The van der Waals surface area contributed by atoms with Crippen LogP contribution in [0, 0.1) is 11.8 Å². The lowest BCUT2D eigenvalue weighted by Crippen LogP contribution is -2.65. The molecule has 2 heterocycles. The summed E-state index contributed by atoms with van der Waals surface area (Å²) < 4.78 is 24.6. The van der Waals surface area contributed by atoms with Crippen LogP contribution in [0.2, 0.25) is 0 Å². The second kappa shape index (κ2) is 17.6. The molecular formula is C33H62N4O9. The van der Waals surface area contributed by atoms with Crippen LogP contribution in [0.15, 0.2) is 0 Å². The summed E-state index contributed by atoms with van der Waals surface area (Å²) in [6.07, 6.45) is -0.923. The average Bonchev–Trinajstić information content (AvgIpc) is 3.00. The van der Waals surface area contributed by atoms with Gasteiger partial charge in [0.25, 0.3) is 0 Å². The molecule has 0 spiro atoms. The van der Waals surface area contributed by atoms with Crippen LogP contribution in [0.3, 0.4) is 0 Å². The first-order valence-corrected chi connectivity index (χ1v) is 16.8. The van der Waals surface area contributed by atoms with Crippen molar-refractivity contribution >= 4 is 18.2 Å². The quantitative estimate of drug-likeness (QED) is 0.108. The number of nitrogens with two attached hydrogens (primary N) is 1. The molecule has 13 nitrogen and oxygen atoms in total. The number of aliphatic hydroxyl groups excluding tert-OH is 1. The number of amides is 1. The summed E-state index contributed by atoms with van der Waals surface area (Å²) in [7, 11) is 5.30. The Hall–Kier alpha value is -1.71. The Morgan fingerprint density at radius 3 is 2.35 bits per heavy atom. The largest absolute Gasteiger partial charge is 0.459 e. The number of methoxy groups -OCH3 is 1. The van der Waals surface area contributed by atoms with Gasteiger partial charge in [0.1, 0.15) is 23.7 Å². The molecule has 2 aliphatic heterocycles. The zero-order valence-corrected chi connectivity index (χ0v) is 29.7.